The summed E-state index contributed by atoms with van der Waals surface area (Å²) in [5.74, 6) is -1.10. The maximum atomic E-state index is 12.8. The number of ether oxygens (including phenoxy) is 1. The Bertz CT molecular complexity index is 669. The van der Waals surface area contributed by atoms with Crippen molar-refractivity contribution >= 4 is 11.9 Å². The first-order valence-corrected chi connectivity index (χ1v) is 7.87. The first-order chi connectivity index (χ1) is 11.6. The van der Waals surface area contributed by atoms with Crippen LogP contribution in [0.3, 0.4) is 0 Å². The van der Waals surface area contributed by atoms with Gasteiger partial charge >= 0.3 is 5.97 Å². The van der Waals surface area contributed by atoms with E-state index >= 15 is 0 Å². The molecule has 0 aliphatic rings. The summed E-state index contributed by atoms with van der Waals surface area (Å²) in [6, 6.07) is 19.1. The summed E-state index contributed by atoms with van der Waals surface area (Å²) < 4.78 is 4.86. The molecule has 24 heavy (non-hydrogen) atoms. The summed E-state index contributed by atoms with van der Waals surface area (Å²) in [6.07, 6.45) is 1.29. The minimum Gasteiger partial charge on any atom is -0.463 e. The van der Waals surface area contributed by atoms with E-state index in [0.717, 1.165) is 11.1 Å². The topological polar surface area (TPSA) is 55.4 Å². The highest BCUT2D eigenvalue weighted by Crippen LogP contribution is 2.25. The van der Waals surface area contributed by atoms with Gasteiger partial charge in [0.15, 0.2) is 0 Å². The second-order valence-corrected chi connectivity index (χ2v) is 5.32. The zero-order valence-corrected chi connectivity index (χ0v) is 13.9. The number of benzene rings is 2. The van der Waals surface area contributed by atoms with Gasteiger partial charge in [-0.1, -0.05) is 60.7 Å². The highest BCUT2D eigenvalue weighted by Gasteiger charge is 2.22. The number of nitrogens with one attached hydrogen (secondary N) is 1. The number of carbonyl (C=O) groups excluding carboxylic acids is 2. The average molecular weight is 323 g/mol. The molecule has 0 heterocycles. The van der Waals surface area contributed by atoms with E-state index in [1.807, 2.05) is 60.7 Å². The van der Waals surface area contributed by atoms with Crippen molar-refractivity contribution in [2.45, 2.75) is 19.8 Å². The van der Waals surface area contributed by atoms with E-state index in [1.54, 1.807) is 13.8 Å². The highest BCUT2D eigenvalue weighted by molar-refractivity contribution is 5.90. The second kappa shape index (κ2) is 8.67. The fraction of sp³-hybridized carbons (Fsp3) is 0.200. The van der Waals surface area contributed by atoms with Gasteiger partial charge in [-0.05, 0) is 25.0 Å². The van der Waals surface area contributed by atoms with E-state index in [-0.39, 0.29) is 5.91 Å². The Balaban J connectivity index is 2.25. The van der Waals surface area contributed by atoms with Gasteiger partial charge in [0, 0.05) is 11.8 Å². The number of hydrogen-bond donors (Lipinski definition) is 1. The minimum absolute atomic E-state index is 0.189. The van der Waals surface area contributed by atoms with E-state index in [1.165, 1.54) is 6.08 Å². The molecule has 124 valence electrons. The van der Waals surface area contributed by atoms with Crippen molar-refractivity contribution in [2.24, 2.45) is 0 Å². The van der Waals surface area contributed by atoms with Gasteiger partial charge in [-0.15, -0.1) is 0 Å². The molecule has 0 saturated carbocycles. The Labute approximate surface area is 142 Å². The van der Waals surface area contributed by atoms with E-state index in [9.17, 15) is 9.59 Å². The van der Waals surface area contributed by atoms with Crippen molar-refractivity contribution in [1.82, 2.24) is 5.32 Å². The van der Waals surface area contributed by atoms with Crippen molar-refractivity contribution in [1.29, 1.82) is 0 Å². The SMILES string of the molecule is CCOC(=O)/C=C(\C)NC(=O)C(c1ccccc1)c1ccccc1. The van der Waals surface area contributed by atoms with Crippen LogP contribution in [0.15, 0.2) is 72.4 Å². The average Bonchev–Trinajstić information content (AvgIpc) is 2.57. The summed E-state index contributed by atoms with van der Waals surface area (Å²) in [7, 11) is 0. The number of amides is 1. The maximum absolute atomic E-state index is 12.8. The third-order valence-electron chi connectivity index (χ3n) is 3.47. The zero-order chi connectivity index (χ0) is 17.4. The van der Waals surface area contributed by atoms with Crippen LogP contribution in [-0.2, 0) is 14.3 Å². The van der Waals surface area contributed by atoms with Crippen molar-refractivity contribution in [3.63, 3.8) is 0 Å². The molecule has 0 fully saturated rings. The fourth-order valence-electron chi connectivity index (χ4n) is 2.45. The molecule has 0 spiro atoms. The van der Waals surface area contributed by atoms with Crippen molar-refractivity contribution in [3.8, 4) is 0 Å². The van der Waals surface area contributed by atoms with Gasteiger partial charge in [0.25, 0.3) is 0 Å². The zero-order valence-electron chi connectivity index (χ0n) is 13.9. The number of allylic oxidation sites excluding steroid dienone is 1. The van der Waals surface area contributed by atoms with E-state index < -0.39 is 11.9 Å². The lowest BCUT2D eigenvalue weighted by Crippen LogP contribution is -2.29. The Hall–Kier alpha value is -2.88. The molecule has 0 radical (unpaired) electrons. The van der Waals surface area contributed by atoms with Gasteiger partial charge in [0.2, 0.25) is 5.91 Å². The van der Waals surface area contributed by atoms with Crippen LogP contribution in [-0.4, -0.2) is 18.5 Å². The van der Waals surface area contributed by atoms with E-state index in [4.69, 9.17) is 4.74 Å². The molecule has 1 amide bonds. The predicted octanol–water partition coefficient (Wildman–Crippen LogP) is 3.40. The summed E-state index contributed by atoms with van der Waals surface area (Å²) in [4.78, 5) is 24.3. The Kier molecular flexibility index (Phi) is 6.32. The highest BCUT2D eigenvalue weighted by atomic mass is 16.5. The molecule has 1 N–H and O–H groups in total. The number of esters is 1. The smallest absolute Gasteiger partial charge is 0.332 e. The number of rotatable bonds is 6. The standard InChI is InChI=1S/C20H21NO3/c1-3-24-18(22)14-15(2)21-20(23)19(16-10-6-4-7-11-16)17-12-8-5-9-13-17/h4-14,19H,3H2,1-2H3,(H,21,23)/b15-14+. The minimum atomic E-state index is -0.466. The van der Waals surface area contributed by atoms with Gasteiger partial charge in [0.1, 0.15) is 0 Å². The molecule has 0 aliphatic carbocycles. The molecular formula is C20H21NO3. The third-order valence-corrected chi connectivity index (χ3v) is 3.47. The molecule has 4 nitrogen and oxygen atoms in total. The predicted molar refractivity (Wildman–Crippen MR) is 93.3 cm³/mol. The molecule has 2 rings (SSSR count). The van der Waals surface area contributed by atoms with Gasteiger partial charge in [-0.25, -0.2) is 4.79 Å². The largest absolute Gasteiger partial charge is 0.463 e. The molecule has 2 aromatic rings. The number of carbonyl (C=O) groups is 2. The Morgan fingerprint density at radius 1 is 1.00 bits per heavy atom. The fourth-order valence-corrected chi connectivity index (χ4v) is 2.45. The molecule has 0 unspecified atom stereocenters. The van der Waals surface area contributed by atoms with E-state index in [0.29, 0.717) is 12.3 Å². The Morgan fingerprint density at radius 3 is 1.96 bits per heavy atom. The molecule has 4 heteroatoms. The molecule has 0 bridgehead atoms. The molecule has 0 aromatic heterocycles. The molecule has 2 aromatic carbocycles. The van der Waals surface area contributed by atoms with Gasteiger partial charge < -0.3 is 10.1 Å². The number of hydrogen-bond acceptors (Lipinski definition) is 3. The van der Waals surface area contributed by atoms with Gasteiger partial charge in [0.05, 0.1) is 12.5 Å². The normalized spacial score (nSPS) is 11.2. The van der Waals surface area contributed by atoms with Crippen molar-refractivity contribution in [3.05, 3.63) is 83.6 Å². The van der Waals surface area contributed by atoms with Crippen LogP contribution in [0, 0.1) is 0 Å². The van der Waals surface area contributed by atoms with Gasteiger partial charge in [-0.3, -0.25) is 4.79 Å². The lowest BCUT2D eigenvalue weighted by molar-refractivity contribution is -0.137. The van der Waals surface area contributed by atoms with Crippen LogP contribution in [0.1, 0.15) is 30.9 Å². The summed E-state index contributed by atoms with van der Waals surface area (Å²) in [5, 5.41) is 2.79. The van der Waals surface area contributed by atoms with Crippen LogP contribution in [0.4, 0.5) is 0 Å². The van der Waals surface area contributed by atoms with E-state index in [2.05, 4.69) is 5.32 Å². The maximum Gasteiger partial charge on any atom is 0.332 e. The van der Waals surface area contributed by atoms with Crippen LogP contribution in [0.2, 0.25) is 0 Å². The quantitative estimate of drug-likeness (QED) is 0.655. The van der Waals surface area contributed by atoms with Gasteiger partial charge in [-0.2, -0.15) is 0 Å². The van der Waals surface area contributed by atoms with Crippen molar-refractivity contribution < 1.29 is 14.3 Å². The monoisotopic (exact) mass is 323 g/mol. The van der Waals surface area contributed by atoms with Crippen LogP contribution in [0.5, 0.6) is 0 Å². The third kappa shape index (κ3) is 4.81. The first kappa shape index (κ1) is 17.5. The Morgan fingerprint density at radius 2 is 1.50 bits per heavy atom. The second-order valence-electron chi connectivity index (χ2n) is 5.32. The lowest BCUT2D eigenvalue weighted by atomic mass is 9.90. The van der Waals surface area contributed by atoms with Crippen LogP contribution in [0.25, 0.3) is 0 Å². The first-order valence-electron chi connectivity index (χ1n) is 7.87. The molecular weight excluding hydrogens is 302 g/mol. The van der Waals surface area contributed by atoms with Crippen LogP contribution < -0.4 is 5.32 Å². The lowest BCUT2D eigenvalue weighted by Gasteiger charge is -2.18. The van der Waals surface area contributed by atoms with Crippen LogP contribution >= 0.6 is 0 Å². The molecule has 0 saturated heterocycles. The summed E-state index contributed by atoms with van der Waals surface area (Å²) >= 11 is 0. The van der Waals surface area contributed by atoms with Crippen molar-refractivity contribution in [2.75, 3.05) is 6.61 Å². The summed E-state index contributed by atoms with van der Waals surface area (Å²) in [6.45, 7) is 3.70. The molecule has 0 aliphatic heterocycles. The summed E-state index contributed by atoms with van der Waals surface area (Å²) in [5.41, 5.74) is 2.24. The molecule has 0 atom stereocenters.